The fourth-order valence-corrected chi connectivity index (χ4v) is 4.12. The van der Waals surface area contributed by atoms with Crippen LogP contribution < -0.4 is 10.5 Å². The molecule has 212 valence electrons. The molecule has 1 amide bonds. The number of amidine groups is 1. The van der Waals surface area contributed by atoms with Crippen LogP contribution >= 0.6 is 11.9 Å². The molecule has 10 nitrogen and oxygen atoms in total. The van der Waals surface area contributed by atoms with E-state index in [9.17, 15) is 9.59 Å². The van der Waals surface area contributed by atoms with E-state index in [1.54, 1.807) is 0 Å². The van der Waals surface area contributed by atoms with Gasteiger partial charge in [0.05, 0.1) is 45.1 Å². The highest BCUT2D eigenvalue weighted by Gasteiger charge is 2.22. The first-order valence-corrected chi connectivity index (χ1v) is 13.8. The second-order valence-electron chi connectivity index (χ2n) is 9.55. The van der Waals surface area contributed by atoms with Crippen molar-refractivity contribution in [2.45, 2.75) is 64.4 Å². The minimum atomic E-state index is -0.482. The SMILES string of the molecule is CCCN(OCC)C(=O)C1=Cc2cc(SNCCOCCOCCC(=O)OC(C)(C)C)ccc2N=C(N)C1. The molecule has 1 aromatic rings. The van der Waals surface area contributed by atoms with Crippen LogP contribution in [-0.2, 0) is 28.6 Å². The quantitative estimate of drug-likeness (QED) is 0.136. The van der Waals surface area contributed by atoms with Gasteiger partial charge in [-0.1, -0.05) is 6.92 Å². The van der Waals surface area contributed by atoms with Crippen LogP contribution in [0.1, 0.15) is 59.4 Å². The number of nitrogens with one attached hydrogen (secondary N) is 1. The summed E-state index contributed by atoms with van der Waals surface area (Å²) in [5.41, 5.74) is 7.72. The number of nitrogens with zero attached hydrogens (tertiary/aromatic N) is 2. The fourth-order valence-electron chi connectivity index (χ4n) is 3.44. The van der Waals surface area contributed by atoms with Gasteiger partial charge in [0.2, 0.25) is 0 Å². The Kier molecular flexibility index (Phi) is 13.8. The summed E-state index contributed by atoms with van der Waals surface area (Å²) in [6, 6.07) is 5.83. The van der Waals surface area contributed by atoms with Crippen LogP contribution in [0, 0.1) is 0 Å². The first-order valence-electron chi connectivity index (χ1n) is 13.0. The number of hydrogen-bond donors (Lipinski definition) is 2. The van der Waals surface area contributed by atoms with Gasteiger partial charge in [-0.3, -0.25) is 19.1 Å². The van der Waals surface area contributed by atoms with Gasteiger partial charge < -0.3 is 19.9 Å². The van der Waals surface area contributed by atoms with Crippen LogP contribution in [0.15, 0.2) is 33.7 Å². The lowest BCUT2D eigenvalue weighted by Gasteiger charge is -2.21. The Morgan fingerprint density at radius 2 is 1.87 bits per heavy atom. The number of benzene rings is 1. The lowest BCUT2D eigenvalue weighted by atomic mass is 10.1. The Morgan fingerprint density at radius 3 is 2.55 bits per heavy atom. The number of carbonyl (C=O) groups excluding carboxylic acids is 2. The highest BCUT2D eigenvalue weighted by Crippen LogP contribution is 2.30. The number of ether oxygens (including phenoxy) is 3. The molecule has 1 aliphatic rings. The summed E-state index contributed by atoms with van der Waals surface area (Å²) in [5.74, 6) is -0.0716. The maximum absolute atomic E-state index is 13.1. The number of fused-ring (bicyclic) bond motifs is 1. The summed E-state index contributed by atoms with van der Waals surface area (Å²) >= 11 is 1.47. The summed E-state index contributed by atoms with van der Waals surface area (Å²) in [6.45, 7) is 12.6. The Bertz CT molecular complexity index is 971. The first-order chi connectivity index (χ1) is 18.1. The standard InChI is InChI=1S/C27H42N4O6S/c1-6-12-31(36-7-2)26(33)21-17-20-18-22(8-9-23(20)30-24(28)19-21)38-29-11-14-35-16-15-34-13-10-25(32)37-27(3,4)5/h8-9,17-18,29H,6-7,10-16,19H2,1-5H3,(H2,28,30). The van der Waals surface area contributed by atoms with Gasteiger partial charge in [-0.25, -0.2) is 10.1 Å². The predicted molar refractivity (Wildman–Crippen MR) is 150 cm³/mol. The zero-order valence-electron chi connectivity index (χ0n) is 23.2. The summed E-state index contributed by atoms with van der Waals surface area (Å²) in [4.78, 5) is 35.7. The van der Waals surface area contributed by atoms with Gasteiger partial charge in [0.1, 0.15) is 11.4 Å². The minimum Gasteiger partial charge on any atom is -0.460 e. The van der Waals surface area contributed by atoms with Gasteiger partial charge in [0.15, 0.2) is 0 Å². The molecule has 0 radical (unpaired) electrons. The van der Waals surface area contributed by atoms with Crippen LogP contribution in [0.25, 0.3) is 6.08 Å². The van der Waals surface area contributed by atoms with Crippen LogP contribution in [0.5, 0.6) is 0 Å². The highest BCUT2D eigenvalue weighted by molar-refractivity contribution is 7.97. The zero-order valence-corrected chi connectivity index (χ0v) is 24.0. The summed E-state index contributed by atoms with van der Waals surface area (Å²) < 4.78 is 19.5. The number of amides is 1. The lowest BCUT2D eigenvalue weighted by Crippen LogP contribution is -2.34. The van der Waals surface area contributed by atoms with Crippen LogP contribution in [0.3, 0.4) is 0 Å². The van der Waals surface area contributed by atoms with Crippen molar-refractivity contribution in [2.75, 3.05) is 46.1 Å². The Hall–Kier alpha value is -2.44. The normalized spacial score (nSPS) is 13.3. The van der Waals surface area contributed by atoms with Gasteiger partial charge in [0, 0.05) is 35.5 Å². The van der Waals surface area contributed by atoms with Gasteiger partial charge in [0.25, 0.3) is 5.91 Å². The van der Waals surface area contributed by atoms with Gasteiger partial charge in [-0.2, -0.15) is 0 Å². The third-order valence-electron chi connectivity index (χ3n) is 4.96. The molecule has 0 saturated carbocycles. The van der Waals surface area contributed by atoms with Crippen molar-refractivity contribution in [3.63, 3.8) is 0 Å². The molecule has 0 atom stereocenters. The number of esters is 1. The van der Waals surface area contributed by atoms with E-state index in [1.807, 2.05) is 58.9 Å². The number of aliphatic imine (C=N–C) groups is 1. The largest absolute Gasteiger partial charge is 0.460 e. The van der Waals surface area contributed by atoms with Gasteiger partial charge >= 0.3 is 5.97 Å². The van der Waals surface area contributed by atoms with E-state index in [2.05, 4.69) is 9.71 Å². The van der Waals surface area contributed by atoms with Crippen molar-refractivity contribution < 1.29 is 28.6 Å². The number of hydrogen-bond acceptors (Lipinski definition) is 10. The molecule has 1 heterocycles. The Balaban J connectivity index is 1.77. The molecule has 38 heavy (non-hydrogen) atoms. The topological polar surface area (TPSA) is 125 Å². The lowest BCUT2D eigenvalue weighted by molar-refractivity contribution is -0.180. The predicted octanol–water partition coefficient (Wildman–Crippen LogP) is 4.01. The number of rotatable bonds is 16. The molecule has 3 N–H and O–H groups in total. The van der Waals surface area contributed by atoms with Crippen molar-refractivity contribution in [3.05, 3.63) is 29.3 Å². The number of hydroxylamine groups is 2. The van der Waals surface area contributed by atoms with Gasteiger partial charge in [-0.05, 0) is 70.3 Å². The molecule has 0 unspecified atom stereocenters. The fraction of sp³-hybridized carbons (Fsp3) is 0.593. The molecule has 11 heteroatoms. The van der Waals surface area contributed by atoms with E-state index in [-0.39, 0.29) is 24.7 Å². The summed E-state index contributed by atoms with van der Waals surface area (Å²) in [5, 5.41) is 1.40. The maximum atomic E-state index is 13.1. The Labute approximate surface area is 230 Å². The molecule has 0 fully saturated rings. The number of carbonyl (C=O) groups is 2. The monoisotopic (exact) mass is 550 g/mol. The van der Waals surface area contributed by atoms with Crippen molar-refractivity contribution in [1.29, 1.82) is 0 Å². The Morgan fingerprint density at radius 1 is 1.13 bits per heavy atom. The first kappa shape index (κ1) is 31.8. The molecule has 0 aromatic heterocycles. The second-order valence-corrected chi connectivity index (χ2v) is 10.5. The molecule has 2 rings (SSSR count). The van der Waals surface area contributed by atoms with E-state index in [0.717, 1.165) is 22.6 Å². The smallest absolute Gasteiger partial charge is 0.308 e. The van der Waals surface area contributed by atoms with E-state index in [4.69, 9.17) is 24.8 Å². The molecule has 0 spiro atoms. The second kappa shape index (κ2) is 16.5. The summed E-state index contributed by atoms with van der Waals surface area (Å²) in [6.07, 6.45) is 3.13. The third-order valence-corrected chi connectivity index (χ3v) is 5.80. The minimum absolute atomic E-state index is 0.193. The van der Waals surface area contributed by atoms with Crippen LogP contribution in [0.4, 0.5) is 5.69 Å². The molecule has 0 saturated heterocycles. The van der Waals surface area contributed by atoms with Gasteiger partial charge in [-0.15, -0.1) is 0 Å². The van der Waals surface area contributed by atoms with E-state index >= 15 is 0 Å². The summed E-state index contributed by atoms with van der Waals surface area (Å²) in [7, 11) is 0. The maximum Gasteiger partial charge on any atom is 0.308 e. The van der Waals surface area contributed by atoms with Crippen molar-refractivity contribution in [1.82, 2.24) is 9.79 Å². The average Bonchev–Trinajstić information content (AvgIpc) is 3.01. The third kappa shape index (κ3) is 12.0. The van der Waals surface area contributed by atoms with Crippen LogP contribution in [0.2, 0.25) is 0 Å². The van der Waals surface area contributed by atoms with Crippen molar-refractivity contribution >= 4 is 41.4 Å². The molecule has 1 aromatic carbocycles. The molecular weight excluding hydrogens is 508 g/mol. The van der Waals surface area contributed by atoms with E-state index < -0.39 is 5.60 Å². The van der Waals surface area contributed by atoms with Crippen molar-refractivity contribution in [2.24, 2.45) is 10.7 Å². The highest BCUT2D eigenvalue weighted by atomic mass is 32.2. The zero-order chi connectivity index (χ0) is 28.0. The van der Waals surface area contributed by atoms with Crippen molar-refractivity contribution in [3.8, 4) is 0 Å². The number of nitrogens with two attached hydrogens (primary N) is 1. The molecule has 1 aliphatic heterocycles. The molecular formula is C27H42N4O6S. The molecule has 0 aliphatic carbocycles. The van der Waals surface area contributed by atoms with Crippen LogP contribution in [-0.4, -0.2) is 74.5 Å². The van der Waals surface area contributed by atoms with E-state index in [1.165, 1.54) is 17.0 Å². The van der Waals surface area contributed by atoms with E-state index in [0.29, 0.717) is 57.5 Å². The average molecular weight is 551 g/mol. The molecule has 0 bridgehead atoms.